The minimum atomic E-state index is -1.15. The fourth-order valence-electron chi connectivity index (χ4n) is 5.01. The van der Waals surface area contributed by atoms with Crippen LogP contribution in [0.3, 0.4) is 0 Å². The Bertz CT molecular complexity index is 1250. The summed E-state index contributed by atoms with van der Waals surface area (Å²) in [6.45, 7) is 2.76. The number of carboxylic acid groups (broad SMARTS) is 1. The Morgan fingerprint density at radius 3 is 2.37 bits per heavy atom. The molecule has 2 amide bonds. The van der Waals surface area contributed by atoms with E-state index in [1.807, 2.05) is 43.3 Å². The number of aromatic nitrogens is 2. The first-order chi connectivity index (χ1) is 17.0. The molecule has 2 N–H and O–H groups in total. The van der Waals surface area contributed by atoms with Crippen molar-refractivity contribution in [3.63, 3.8) is 0 Å². The number of benzene rings is 2. The van der Waals surface area contributed by atoms with Crippen molar-refractivity contribution in [3.8, 4) is 11.1 Å². The maximum atomic E-state index is 13.3. The fourth-order valence-corrected chi connectivity index (χ4v) is 5.01. The van der Waals surface area contributed by atoms with E-state index < -0.39 is 18.1 Å². The molecule has 0 fully saturated rings. The van der Waals surface area contributed by atoms with Crippen LogP contribution in [-0.4, -0.2) is 52.1 Å². The van der Waals surface area contributed by atoms with Crippen LogP contribution in [0.5, 0.6) is 0 Å². The van der Waals surface area contributed by atoms with Crippen LogP contribution in [0.15, 0.2) is 54.7 Å². The van der Waals surface area contributed by atoms with E-state index in [-0.39, 0.29) is 29.8 Å². The molecule has 5 rings (SSSR count). The van der Waals surface area contributed by atoms with E-state index in [0.29, 0.717) is 25.9 Å². The summed E-state index contributed by atoms with van der Waals surface area (Å²) in [7, 11) is 0. The second-order valence-corrected chi connectivity index (χ2v) is 8.71. The average Bonchev–Trinajstić information content (AvgIpc) is 3.54. The Labute approximate surface area is 202 Å². The Hall–Kier alpha value is -4.14. The van der Waals surface area contributed by atoms with Gasteiger partial charge in [0, 0.05) is 12.5 Å². The lowest BCUT2D eigenvalue weighted by Gasteiger charge is -2.24. The summed E-state index contributed by atoms with van der Waals surface area (Å²) < 4.78 is 7.11. The predicted octanol–water partition coefficient (Wildman–Crippen LogP) is 3.64. The number of hydrogen-bond donors (Lipinski definition) is 2. The number of carboxylic acids is 1. The van der Waals surface area contributed by atoms with Crippen molar-refractivity contribution in [3.05, 3.63) is 71.4 Å². The summed E-state index contributed by atoms with van der Waals surface area (Å²) in [4.78, 5) is 39.1. The highest BCUT2D eigenvalue weighted by atomic mass is 16.5. The number of aromatic carboxylic acids is 1. The molecule has 2 aliphatic rings. The molecule has 1 aromatic heterocycles. The molecule has 3 aromatic rings. The average molecular weight is 475 g/mol. The Morgan fingerprint density at radius 2 is 1.74 bits per heavy atom. The van der Waals surface area contributed by atoms with Gasteiger partial charge in [-0.1, -0.05) is 61.9 Å². The molecule has 35 heavy (non-hydrogen) atoms. The second kappa shape index (κ2) is 9.25. The smallest absolute Gasteiger partial charge is 0.407 e. The zero-order valence-corrected chi connectivity index (χ0v) is 19.3. The van der Waals surface area contributed by atoms with Gasteiger partial charge in [-0.3, -0.25) is 9.69 Å². The van der Waals surface area contributed by atoms with Gasteiger partial charge in [0.2, 0.25) is 0 Å². The van der Waals surface area contributed by atoms with Gasteiger partial charge in [0.15, 0.2) is 0 Å². The van der Waals surface area contributed by atoms with Gasteiger partial charge in [0.05, 0.1) is 12.7 Å². The number of nitrogens with one attached hydrogen (secondary N) is 1. The summed E-state index contributed by atoms with van der Waals surface area (Å²) in [6.07, 6.45) is 1.62. The molecule has 1 atom stereocenters. The van der Waals surface area contributed by atoms with Gasteiger partial charge < -0.3 is 15.2 Å². The number of anilines is 1. The van der Waals surface area contributed by atoms with Gasteiger partial charge in [0.25, 0.3) is 5.91 Å². The lowest BCUT2D eigenvalue weighted by atomic mass is 9.98. The predicted molar refractivity (Wildman–Crippen MR) is 128 cm³/mol. The van der Waals surface area contributed by atoms with Crippen LogP contribution >= 0.6 is 0 Å². The van der Waals surface area contributed by atoms with Crippen molar-refractivity contribution in [2.45, 2.75) is 38.3 Å². The number of carbonyl (C=O) groups is 3. The van der Waals surface area contributed by atoms with Gasteiger partial charge in [-0.2, -0.15) is 5.10 Å². The zero-order chi connectivity index (χ0) is 24.5. The zero-order valence-electron chi connectivity index (χ0n) is 19.3. The minimum absolute atomic E-state index is 0.0350. The first-order valence-electron chi connectivity index (χ1n) is 11.7. The third kappa shape index (κ3) is 4.03. The molecule has 1 unspecified atom stereocenters. The van der Waals surface area contributed by atoms with Crippen LogP contribution in [0, 0.1) is 0 Å². The van der Waals surface area contributed by atoms with Crippen molar-refractivity contribution in [2.75, 3.05) is 18.1 Å². The standard InChI is InChI=1S/C26H26N4O5/c1-2-7-22(24(31)29-12-13-30-23(29)20(14-27-30)25(32)33)28-26(34)35-15-21-18-10-5-3-8-16(18)17-9-4-6-11-19(17)21/h3-6,8-11,14,21-22H,2,7,12-13,15H2,1H3,(H,28,34)(H,32,33). The topological polar surface area (TPSA) is 114 Å². The van der Waals surface area contributed by atoms with Crippen molar-refractivity contribution in [2.24, 2.45) is 0 Å². The molecule has 0 radical (unpaired) electrons. The van der Waals surface area contributed by atoms with E-state index >= 15 is 0 Å². The van der Waals surface area contributed by atoms with Crippen molar-refractivity contribution in [1.29, 1.82) is 0 Å². The first-order valence-corrected chi connectivity index (χ1v) is 11.7. The summed E-state index contributed by atoms with van der Waals surface area (Å²) in [5.74, 6) is -1.36. The number of rotatable bonds is 7. The Morgan fingerprint density at radius 1 is 1.09 bits per heavy atom. The Balaban J connectivity index is 1.28. The highest BCUT2D eigenvalue weighted by Crippen LogP contribution is 2.44. The molecular formula is C26H26N4O5. The molecule has 2 aromatic carbocycles. The number of nitrogens with zero attached hydrogens (tertiary/aromatic N) is 3. The van der Waals surface area contributed by atoms with Crippen LogP contribution in [0.25, 0.3) is 11.1 Å². The first kappa shape index (κ1) is 22.6. The number of ether oxygens (including phenoxy) is 1. The van der Waals surface area contributed by atoms with Crippen LogP contribution in [-0.2, 0) is 16.1 Å². The maximum absolute atomic E-state index is 13.3. The number of hydrogen-bond acceptors (Lipinski definition) is 5. The molecule has 0 spiro atoms. The van der Waals surface area contributed by atoms with E-state index in [2.05, 4.69) is 22.5 Å². The molecule has 1 aliphatic carbocycles. The molecule has 0 bridgehead atoms. The summed E-state index contributed by atoms with van der Waals surface area (Å²) in [5.41, 5.74) is 4.45. The highest BCUT2D eigenvalue weighted by molar-refractivity contribution is 6.04. The molecular weight excluding hydrogens is 448 g/mol. The van der Waals surface area contributed by atoms with Crippen LogP contribution in [0.2, 0.25) is 0 Å². The Kier molecular flexibility index (Phi) is 5.98. The molecule has 0 saturated heterocycles. The molecule has 0 saturated carbocycles. The molecule has 9 nitrogen and oxygen atoms in total. The van der Waals surface area contributed by atoms with Gasteiger partial charge in [-0.25, -0.2) is 14.3 Å². The van der Waals surface area contributed by atoms with Gasteiger partial charge >= 0.3 is 12.1 Å². The normalized spacial score (nSPS) is 14.7. The van der Waals surface area contributed by atoms with E-state index in [1.54, 1.807) is 0 Å². The molecule has 2 heterocycles. The lowest BCUT2D eigenvalue weighted by Crippen LogP contribution is -2.48. The summed E-state index contributed by atoms with van der Waals surface area (Å²) >= 11 is 0. The SMILES string of the molecule is CCCC(NC(=O)OCC1c2ccccc2-c2ccccc21)C(=O)N1CCn2ncc(C(=O)O)c21. The highest BCUT2D eigenvalue weighted by Gasteiger charge is 2.36. The molecule has 1 aliphatic heterocycles. The van der Waals surface area contributed by atoms with Crippen molar-refractivity contribution >= 4 is 23.8 Å². The molecule has 9 heteroatoms. The molecule has 180 valence electrons. The van der Waals surface area contributed by atoms with Crippen molar-refractivity contribution in [1.82, 2.24) is 15.1 Å². The quantitative estimate of drug-likeness (QED) is 0.541. The van der Waals surface area contributed by atoms with Gasteiger partial charge in [0.1, 0.15) is 24.0 Å². The van der Waals surface area contributed by atoms with Crippen molar-refractivity contribution < 1.29 is 24.2 Å². The number of amides is 2. The largest absolute Gasteiger partial charge is 0.477 e. The number of fused-ring (bicyclic) bond motifs is 4. The van der Waals surface area contributed by atoms with Crippen LogP contribution in [0.1, 0.15) is 47.2 Å². The van der Waals surface area contributed by atoms with Gasteiger partial charge in [-0.15, -0.1) is 0 Å². The number of carbonyl (C=O) groups excluding carboxylic acids is 2. The third-order valence-corrected chi connectivity index (χ3v) is 6.61. The minimum Gasteiger partial charge on any atom is -0.477 e. The monoisotopic (exact) mass is 474 g/mol. The lowest BCUT2D eigenvalue weighted by molar-refractivity contribution is -0.120. The summed E-state index contributed by atoms with van der Waals surface area (Å²) in [6, 6.07) is 15.3. The van der Waals surface area contributed by atoms with E-state index in [1.165, 1.54) is 15.8 Å². The second-order valence-electron chi connectivity index (χ2n) is 8.71. The third-order valence-electron chi connectivity index (χ3n) is 6.61. The van der Waals surface area contributed by atoms with E-state index in [4.69, 9.17) is 4.74 Å². The maximum Gasteiger partial charge on any atom is 0.407 e. The van der Waals surface area contributed by atoms with E-state index in [0.717, 1.165) is 22.3 Å². The van der Waals surface area contributed by atoms with Gasteiger partial charge in [-0.05, 0) is 28.7 Å². The fraction of sp³-hybridized carbons (Fsp3) is 0.308. The van der Waals surface area contributed by atoms with Crippen LogP contribution in [0.4, 0.5) is 10.6 Å². The summed E-state index contributed by atoms with van der Waals surface area (Å²) in [5, 5.41) is 16.2. The van der Waals surface area contributed by atoms with E-state index in [9.17, 15) is 19.5 Å². The van der Waals surface area contributed by atoms with Crippen LogP contribution < -0.4 is 10.2 Å². The number of alkyl carbamates (subject to hydrolysis) is 1.